The van der Waals surface area contributed by atoms with Crippen molar-refractivity contribution in [1.82, 2.24) is 0 Å². The van der Waals surface area contributed by atoms with E-state index in [1.165, 1.54) is 58.2 Å². The molecule has 0 aliphatic rings. The highest BCUT2D eigenvalue weighted by molar-refractivity contribution is 5.87. The molecule has 0 amide bonds. The van der Waals surface area contributed by atoms with Crippen molar-refractivity contribution >= 4 is 11.9 Å². The first-order valence-electron chi connectivity index (χ1n) is 24.1. The third-order valence-corrected chi connectivity index (χ3v) is 12.5. The number of carbonyl (C=O) groups is 2. The van der Waals surface area contributed by atoms with E-state index in [1.807, 2.05) is 0 Å². The van der Waals surface area contributed by atoms with E-state index in [-0.39, 0.29) is 38.4 Å². The number of rotatable bonds is 27. The van der Waals surface area contributed by atoms with Gasteiger partial charge in [0.2, 0.25) is 0 Å². The number of hydrogen-bond donors (Lipinski definition) is 2. The van der Waals surface area contributed by atoms with E-state index in [2.05, 4.69) is 127 Å². The predicted octanol–water partition coefficient (Wildman–Crippen LogP) is 13.2. The lowest BCUT2D eigenvalue weighted by Crippen LogP contribution is -2.33. The molecule has 0 heterocycles. The molecule has 4 rings (SSSR count). The molecule has 0 bridgehead atoms. The second kappa shape index (κ2) is 25.6. The van der Waals surface area contributed by atoms with Crippen molar-refractivity contribution in [2.75, 3.05) is 33.0 Å². The first-order valence-corrected chi connectivity index (χ1v) is 24.1. The van der Waals surface area contributed by atoms with E-state index in [4.69, 9.17) is 14.2 Å². The Kier molecular flexibility index (Phi) is 20.8. The molecule has 4 aromatic rings. The van der Waals surface area contributed by atoms with Crippen LogP contribution in [0.3, 0.4) is 0 Å². The van der Waals surface area contributed by atoms with Crippen LogP contribution in [0.2, 0.25) is 0 Å². The molecular weight excluding hydrogens is 809 g/mol. The number of aryl methyl sites for hydroxylation is 5. The molecule has 0 aliphatic heterocycles. The lowest BCUT2D eigenvalue weighted by atomic mass is 9.76. The molecule has 65 heavy (non-hydrogen) atoms. The van der Waals surface area contributed by atoms with E-state index in [9.17, 15) is 19.8 Å². The highest BCUT2D eigenvalue weighted by Gasteiger charge is 2.31. The Morgan fingerprint density at radius 1 is 0.554 bits per heavy atom. The molecule has 0 saturated carbocycles. The smallest absolute Gasteiger partial charge is 0.333 e. The lowest BCUT2D eigenvalue weighted by molar-refractivity contribution is -0.139. The SMILES string of the molecule is C=C(C)C(=O)OCCCc1cc(-c2ccc(-c3ccc(-c4ccc(CCCCC)cc4)c(CC)c3)cc2CC)cc(CCCOC(=O)C(=C)C)c1OCCC(CO)(CO)CCC(C)(C)C. The lowest BCUT2D eigenvalue weighted by Gasteiger charge is -2.33. The van der Waals surface area contributed by atoms with Crippen LogP contribution in [0, 0.1) is 10.8 Å². The maximum absolute atomic E-state index is 12.3. The monoisotopic (exact) mass is 887 g/mol. The van der Waals surface area contributed by atoms with Gasteiger partial charge in [0.25, 0.3) is 0 Å². The zero-order chi connectivity index (χ0) is 47.6. The standard InChI is InChI=1S/C58H78O7/c1-11-14-15-18-43-21-23-46(24-22-43)52-27-25-47(35-44(52)12-2)48-26-28-53(45(13-3)36-48)51-37-49(19-16-32-64-55(61)41(4)5)54(50(38-51)20-17-33-65-56(62)42(6)7)63-34-31-58(39-59,40-60)30-29-57(8,9)10/h21-28,35-38,59-60H,4,6,11-20,29-34,39-40H2,1-3,5,7-10H3. The topological polar surface area (TPSA) is 102 Å². The van der Waals surface area contributed by atoms with Crippen LogP contribution in [-0.2, 0) is 51.2 Å². The first kappa shape index (κ1) is 52.6. The quantitative estimate of drug-likeness (QED) is 0.0349. The summed E-state index contributed by atoms with van der Waals surface area (Å²) >= 11 is 0. The Bertz CT molecular complexity index is 2130. The number of hydrogen-bond acceptors (Lipinski definition) is 7. The van der Waals surface area contributed by atoms with Gasteiger partial charge in [0, 0.05) is 16.6 Å². The second-order valence-corrected chi connectivity index (χ2v) is 19.2. The fourth-order valence-corrected chi connectivity index (χ4v) is 8.19. The van der Waals surface area contributed by atoms with Crippen molar-refractivity contribution in [3.05, 3.63) is 125 Å². The molecule has 7 heteroatoms. The second-order valence-electron chi connectivity index (χ2n) is 19.2. The van der Waals surface area contributed by atoms with Crippen LogP contribution >= 0.6 is 0 Å². The van der Waals surface area contributed by atoms with Crippen molar-refractivity contribution in [3.8, 4) is 39.1 Å². The molecule has 0 saturated heterocycles. The Hall–Kier alpha value is -4.98. The number of benzene rings is 4. The van der Waals surface area contributed by atoms with Crippen LogP contribution in [0.5, 0.6) is 5.75 Å². The number of esters is 2. The summed E-state index contributed by atoms with van der Waals surface area (Å²) in [6.45, 7) is 24.3. The zero-order valence-corrected chi connectivity index (χ0v) is 41.0. The summed E-state index contributed by atoms with van der Waals surface area (Å²) in [6.07, 6.45) is 10.9. The van der Waals surface area contributed by atoms with E-state index in [0.717, 1.165) is 53.7 Å². The predicted molar refractivity (Wildman–Crippen MR) is 268 cm³/mol. The molecule has 0 spiro atoms. The van der Waals surface area contributed by atoms with Crippen molar-refractivity contribution in [2.45, 2.75) is 139 Å². The molecule has 4 aromatic carbocycles. The molecule has 352 valence electrons. The van der Waals surface area contributed by atoms with E-state index in [1.54, 1.807) is 13.8 Å². The minimum atomic E-state index is -0.684. The largest absolute Gasteiger partial charge is 0.493 e. The van der Waals surface area contributed by atoms with Gasteiger partial charge in [-0.2, -0.15) is 0 Å². The van der Waals surface area contributed by atoms with Gasteiger partial charge < -0.3 is 24.4 Å². The summed E-state index contributed by atoms with van der Waals surface area (Å²) in [5.41, 5.74) is 13.0. The summed E-state index contributed by atoms with van der Waals surface area (Å²) in [5, 5.41) is 21.1. The van der Waals surface area contributed by atoms with Gasteiger partial charge in [-0.3, -0.25) is 0 Å². The molecule has 0 atom stereocenters. The van der Waals surface area contributed by atoms with Crippen LogP contribution in [0.4, 0.5) is 0 Å². The minimum Gasteiger partial charge on any atom is -0.493 e. The van der Waals surface area contributed by atoms with Crippen molar-refractivity contribution in [2.24, 2.45) is 10.8 Å². The number of carbonyl (C=O) groups excluding carboxylic acids is 2. The van der Waals surface area contributed by atoms with Gasteiger partial charge in [0.05, 0.1) is 33.0 Å². The molecular formula is C58H78O7. The summed E-state index contributed by atoms with van der Waals surface area (Å²) < 4.78 is 17.8. The molecule has 0 fully saturated rings. The number of ether oxygens (including phenoxy) is 3. The van der Waals surface area contributed by atoms with E-state index < -0.39 is 17.4 Å². The van der Waals surface area contributed by atoms with Crippen LogP contribution in [0.25, 0.3) is 33.4 Å². The highest BCUT2D eigenvalue weighted by atomic mass is 16.5. The summed E-state index contributed by atoms with van der Waals surface area (Å²) in [5.74, 6) is -0.0974. The average molecular weight is 887 g/mol. The molecule has 0 aliphatic carbocycles. The van der Waals surface area contributed by atoms with Crippen LogP contribution in [0.15, 0.2) is 97.1 Å². The van der Waals surface area contributed by atoms with Gasteiger partial charge in [-0.25, -0.2) is 9.59 Å². The van der Waals surface area contributed by atoms with Gasteiger partial charge in [0.1, 0.15) is 5.75 Å². The van der Waals surface area contributed by atoms with Crippen LogP contribution in [0.1, 0.15) is 135 Å². The highest BCUT2D eigenvalue weighted by Crippen LogP contribution is 2.39. The zero-order valence-electron chi connectivity index (χ0n) is 41.0. The normalized spacial score (nSPS) is 11.7. The van der Waals surface area contributed by atoms with E-state index >= 15 is 0 Å². The minimum absolute atomic E-state index is 0.0485. The molecule has 0 radical (unpaired) electrons. The van der Waals surface area contributed by atoms with Crippen molar-refractivity contribution < 1.29 is 34.0 Å². The van der Waals surface area contributed by atoms with Crippen LogP contribution < -0.4 is 4.74 Å². The number of aliphatic hydroxyl groups is 2. The molecule has 7 nitrogen and oxygen atoms in total. The summed E-state index contributed by atoms with van der Waals surface area (Å²) in [4.78, 5) is 24.6. The molecule has 0 aromatic heterocycles. The molecule has 2 N–H and O–H groups in total. The van der Waals surface area contributed by atoms with Gasteiger partial charge in [-0.05, 0) is 163 Å². The van der Waals surface area contributed by atoms with Gasteiger partial charge in [-0.1, -0.05) is 128 Å². The third kappa shape index (κ3) is 15.9. The van der Waals surface area contributed by atoms with E-state index in [0.29, 0.717) is 49.7 Å². The maximum Gasteiger partial charge on any atom is 0.333 e. The van der Waals surface area contributed by atoms with Crippen LogP contribution in [-0.4, -0.2) is 55.2 Å². The Morgan fingerprint density at radius 2 is 1.03 bits per heavy atom. The van der Waals surface area contributed by atoms with Gasteiger partial charge >= 0.3 is 11.9 Å². The molecule has 0 unspecified atom stereocenters. The maximum atomic E-state index is 12.3. The third-order valence-electron chi connectivity index (χ3n) is 12.5. The van der Waals surface area contributed by atoms with Crippen molar-refractivity contribution in [1.29, 1.82) is 0 Å². The van der Waals surface area contributed by atoms with Gasteiger partial charge in [-0.15, -0.1) is 0 Å². The average Bonchev–Trinajstić information content (AvgIpc) is 3.30. The first-order chi connectivity index (χ1) is 31.1. The Labute approximate surface area is 391 Å². The fraction of sp³-hybridized carbons (Fsp3) is 0.483. The Balaban J connectivity index is 1.74. The number of aliphatic hydroxyl groups excluding tert-OH is 2. The summed E-state index contributed by atoms with van der Waals surface area (Å²) in [6, 6.07) is 27.1. The summed E-state index contributed by atoms with van der Waals surface area (Å²) in [7, 11) is 0. The van der Waals surface area contributed by atoms with Crippen molar-refractivity contribution in [3.63, 3.8) is 0 Å². The fourth-order valence-electron chi connectivity index (χ4n) is 8.19. The van der Waals surface area contributed by atoms with Gasteiger partial charge in [0.15, 0.2) is 0 Å². The number of unbranched alkanes of at least 4 members (excludes halogenated alkanes) is 2. The Morgan fingerprint density at radius 3 is 1.48 bits per heavy atom.